The molecule has 0 aromatic heterocycles. The number of hydrogen-bond donors (Lipinski definition) is 1. The highest BCUT2D eigenvalue weighted by atomic mass is 32.2. The van der Waals surface area contributed by atoms with Crippen LogP contribution in [0.2, 0.25) is 0 Å². The van der Waals surface area contributed by atoms with Gasteiger partial charge in [-0.1, -0.05) is 36.9 Å². The van der Waals surface area contributed by atoms with Gasteiger partial charge in [0.25, 0.3) is 5.91 Å². The van der Waals surface area contributed by atoms with Crippen LogP contribution in [0.4, 0.5) is 0 Å². The lowest BCUT2D eigenvalue weighted by atomic mass is 10.2. The zero-order valence-electron chi connectivity index (χ0n) is 13.5. The van der Waals surface area contributed by atoms with Gasteiger partial charge in [0.05, 0.1) is 37.0 Å². The highest BCUT2D eigenvalue weighted by Gasteiger charge is 2.08. The van der Waals surface area contributed by atoms with Crippen LogP contribution in [0.15, 0.2) is 42.5 Å². The van der Waals surface area contributed by atoms with Crippen LogP contribution in [0.25, 0.3) is 0 Å². The van der Waals surface area contributed by atoms with E-state index < -0.39 is 15.9 Å². The fourth-order valence-corrected chi connectivity index (χ4v) is 1.84. The predicted molar refractivity (Wildman–Crippen MR) is 85.7 cm³/mol. The van der Waals surface area contributed by atoms with Gasteiger partial charge in [0.2, 0.25) is 0 Å². The molecule has 1 rings (SSSR count). The molecular formula is C15H24N2O4S. The number of benzene rings is 1. The molecule has 0 aliphatic heterocycles. The second-order valence-electron chi connectivity index (χ2n) is 5.92. The summed E-state index contributed by atoms with van der Waals surface area (Å²) in [6, 6.07) is 8.37. The van der Waals surface area contributed by atoms with Gasteiger partial charge in [-0.25, -0.2) is 8.42 Å². The first-order chi connectivity index (χ1) is 9.91. The number of amides is 1. The molecule has 0 atom stereocenters. The van der Waals surface area contributed by atoms with Crippen molar-refractivity contribution < 1.29 is 22.2 Å². The molecule has 0 bridgehead atoms. The predicted octanol–water partition coefficient (Wildman–Crippen LogP) is 1.07. The van der Waals surface area contributed by atoms with Crippen molar-refractivity contribution in [3.8, 4) is 0 Å². The van der Waals surface area contributed by atoms with E-state index in [0.717, 1.165) is 4.48 Å². The van der Waals surface area contributed by atoms with E-state index in [-0.39, 0.29) is 5.91 Å². The average molecular weight is 328 g/mol. The van der Waals surface area contributed by atoms with Crippen molar-refractivity contribution in [1.29, 1.82) is 0 Å². The monoisotopic (exact) mass is 328 g/mol. The first-order valence-corrected chi connectivity index (χ1v) is 8.20. The van der Waals surface area contributed by atoms with Gasteiger partial charge in [-0.15, -0.1) is 0 Å². The second-order valence-corrected chi connectivity index (χ2v) is 7.33. The Morgan fingerprint density at radius 1 is 1.23 bits per heavy atom. The summed E-state index contributed by atoms with van der Waals surface area (Å²) in [6.45, 7) is 5.87. The van der Waals surface area contributed by atoms with Gasteiger partial charge in [0.1, 0.15) is 0 Å². The number of hydrogen-bond acceptors (Lipinski definition) is 4. The average Bonchev–Trinajstić information content (AvgIpc) is 2.35. The molecule has 1 N–H and O–H groups in total. The number of nitrogens with one attached hydrogen (secondary N) is 1. The van der Waals surface area contributed by atoms with Gasteiger partial charge in [-0.05, 0) is 12.5 Å². The molecule has 0 spiro atoms. The summed E-state index contributed by atoms with van der Waals surface area (Å²) >= 11 is 0. The fourth-order valence-electron chi connectivity index (χ4n) is 1.24. The Hall–Kier alpha value is -1.70. The number of nitrogens with zero attached hydrogens (tertiary/aromatic N) is 1. The summed E-state index contributed by atoms with van der Waals surface area (Å²) < 4.78 is 31.5. The SMILES string of the molecule is C=C(C)C(=O)NC[N+](C)(C)C.O=S(=O)([O-])Cc1ccccc1. The van der Waals surface area contributed by atoms with Crippen molar-refractivity contribution in [3.63, 3.8) is 0 Å². The van der Waals surface area contributed by atoms with Gasteiger partial charge in [0, 0.05) is 5.57 Å². The van der Waals surface area contributed by atoms with E-state index in [1.165, 1.54) is 0 Å². The third kappa shape index (κ3) is 12.1. The van der Waals surface area contributed by atoms with Crippen molar-refractivity contribution in [2.24, 2.45) is 0 Å². The third-order valence-corrected chi connectivity index (χ3v) is 2.97. The maximum atomic E-state index is 11.0. The maximum absolute atomic E-state index is 11.0. The van der Waals surface area contributed by atoms with E-state index in [9.17, 15) is 17.8 Å². The lowest BCUT2D eigenvalue weighted by Gasteiger charge is -2.23. The van der Waals surface area contributed by atoms with Gasteiger partial charge in [0.15, 0.2) is 6.67 Å². The third-order valence-electron chi connectivity index (χ3n) is 2.29. The molecular weight excluding hydrogens is 304 g/mol. The number of carbonyl (C=O) groups is 1. The normalized spacial score (nSPS) is 11.1. The van der Waals surface area contributed by atoms with Crippen LogP contribution in [0.5, 0.6) is 0 Å². The standard InChI is InChI=1S/C8H16N2O.C7H8O3S/c1-7(2)8(11)9-6-10(3,4)5;8-11(9,10)6-7-4-2-1-3-5-7/h1,6H2,2-5H3;1-5H,6H2,(H,8,9,10). The summed E-state index contributed by atoms with van der Waals surface area (Å²) in [7, 11) is 1.91. The fraction of sp³-hybridized carbons (Fsp3) is 0.400. The van der Waals surface area contributed by atoms with E-state index in [4.69, 9.17) is 0 Å². The van der Waals surface area contributed by atoms with Gasteiger partial charge in [-0.2, -0.15) is 0 Å². The quantitative estimate of drug-likeness (QED) is 0.379. The van der Waals surface area contributed by atoms with Gasteiger partial charge >= 0.3 is 0 Å². The van der Waals surface area contributed by atoms with Crippen molar-refractivity contribution in [2.75, 3.05) is 27.8 Å². The lowest BCUT2D eigenvalue weighted by molar-refractivity contribution is -0.872. The van der Waals surface area contributed by atoms with Crippen molar-refractivity contribution in [3.05, 3.63) is 48.0 Å². The summed E-state index contributed by atoms with van der Waals surface area (Å²) in [5.74, 6) is -0.494. The van der Waals surface area contributed by atoms with Gasteiger partial charge in [-0.3, -0.25) is 4.79 Å². The van der Waals surface area contributed by atoms with Crippen molar-refractivity contribution in [2.45, 2.75) is 12.7 Å². The van der Waals surface area contributed by atoms with Crippen LogP contribution in [0.1, 0.15) is 12.5 Å². The van der Waals surface area contributed by atoms with Crippen LogP contribution >= 0.6 is 0 Å². The minimum Gasteiger partial charge on any atom is -0.748 e. The molecule has 0 radical (unpaired) electrons. The molecule has 0 heterocycles. The van der Waals surface area contributed by atoms with E-state index in [1.54, 1.807) is 37.3 Å². The first-order valence-electron chi connectivity index (χ1n) is 6.62. The Labute approximate surface area is 132 Å². The van der Waals surface area contributed by atoms with Crippen LogP contribution in [-0.4, -0.2) is 51.2 Å². The van der Waals surface area contributed by atoms with E-state index in [0.29, 0.717) is 17.8 Å². The Kier molecular flexibility index (Phi) is 8.00. The number of quaternary nitrogens is 1. The Morgan fingerprint density at radius 2 is 1.73 bits per heavy atom. The number of rotatable bonds is 5. The lowest BCUT2D eigenvalue weighted by Crippen LogP contribution is -2.45. The molecule has 0 saturated heterocycles. The molecule has 0 aliphatic carbocycles. The Bertz CT molecular complexity index is 590. The molecule has 6 nitrogen and oxygen atoms in total. The van der Waals surface area contributed by atoms with Gasteiger partial charge < -0.3 is 14.4 Å². The summed E-state index contributed by atoms with van der Waals surface area (Å²) in [4.78, 5) is 11.0. The van der Waals surface area contributed by atoms with Crippen LogP contribution in [0, 0.1) is 0 Å². The van der Waals surface area contributed by atoms with Crippen LogP contribution < -0.4 is 5.32 Å². The molecule has 0 unspecified atom stereocenters. The van der Waals surface area contributed by atoms with Crippen LogP contribution in [-0.2, 0) is 20.7 Å². The second kappa shape index (κ2) is 8.67. The molecule has 1 amide bonds. The summed E-state index contributed by atoms with van der Waals surface area (Å²) in [5, 5.41) is 2.76. The summed E-state index contributed by atoms with van der Waals surface area (Å²) in [6.07, 6.45) is 0. The Balaban J connectivity index is 0.000000401. The maximum Gasteiger partial charge on any atom is 0.250 e. The number of carbonyl (C=O) groups excluding carboxylic acids is 1. The molecule has 0 aliphatic rings. The molecule has 0 fully saturated rings. The molecule has 22 heavy (non-hydrogen) atoms. The molecule has 7 heteroatoms. The minimum atomic E-state index is -4.13. The molecule has 1 aromatic carbocycles. The van der Waals surface area contributed by atoms with Crippen LogP contribution in [0.3, 0.4) is 0 Å². The first kappa shape index (κ1) is 20.3. The van der Waals surface area contributed by atoms with E-state index >= 15 is 0 Å². The largest absolute Gasteiger partial charge is 0.748 e. The molecule has 1 aromatic rings. The molecule has 0 saturated carbocycles. The highest BCUT2D eigenvalue weighted by molar-refractivity contribution is 7.84. The van der Waals surface area contributed by atoms with Crippen molar-refractivity contribution in [1.82, 2.24) is 5.32 Å². The Morgan fingerprint density at radius 3 is 2.09 bits per heavy atom. The minimum absolute atomic E-state index is 0.0712. The highest BCUT2D eigenvalue weighted by Crippen LogP contribution is 2.02. The van der Waals surface area contributed by atoms with E-state index in [2.05, 4.69) is 11.9 Å². The summed E-state index contributed by atoms with van der Waals surface area (Å²) in [5.41, 5.74) is 1.08. The van der Waals surface area contributed by atoms with Crippen molar-refractivity contribution >= 4 is 16.0 Å². The smallest absolute Gasteiger partial charge is 0.250 e. The zero-order chi connectivity index (χ0) is 17.4. The zero-order valence-corrected chi connectivity index (χ0v) is 14.3. The topological polar surface area (TPSA) is 86.3 Å². The van der Waals surface area contributed by atoms with E-state index in [1.807, 2.05) is 21.1 Å². The molecule has 124 valence electrons.